The smallest absolute Gasteiger partial charge is 0.281 e. The van der Waals surface area contributed by atoms with Crippen LogP contribution in [0.2, 0.25) is 0 Å². The number of sulfonamides is 1. The first-order valence-electron chi connectivity index (χ1n) is 1.45. The van der Waals surface area contributed by atoms with Crippen LogP contribution in [0.1, 0.15) is 0 Å². The van der Waals surface area contributed by atoms with Gasteiger partial charge in [0.1, 0.15) is 0 Å². The molecule has 1 unspecified atom stereocenters. The van der Waals surface area contributed by atoms with Crippen molar-refractivity contribution in [2.75, 3.05) is 0 Å². The molecule has 4 heteroatoms. The Hall–Kier alpha value is -0.320. The Morgan fingerprint density at radius 2 is 2.14 bits per heavy atom. The van der Waals surface area contributed by atoms with E-state index in [1.807, 2.05) is 0 Å². The Morgan fingerprint density at radius 1 is 2.00 bits per heavy atom. The van der Waals surface area contributed by atoms with Crippen LogP contribution in [0.15, 0.2) is 11.5 Å². The average molecular weight is 119 g/mol. The average Bonchev–Trinajstić information content (AvgIpc) is 1.31. The van der Waals surface area contributed by atoms with Gasteiger partial charge in [-0.2, -0.15) is 0 Å². The Labute approximate surface area is 43.6 Å². The first kappa shape index (κ1) is 6.68. The summed E-state index contributed by atoms with van der Waals surface area (Å²) in [6.45, 7) is 5.88. The highest BCUT2D eigenvalue weighted by Gasteiger charge is 2.05. The molecule has 0 amide bonds. The summed E-state index contributed by atoms with van der Waals surface area (Å²) in [4.78, 5) is -0.368. The number of hydrogen-bond acceptors (Lipinski definition) is 2. The predicted octanol–water partition coefficient (Wildman–Crippen LogP) is 0.931. The van der Waals surface area contributed by atoms with E-state index < -0.39 is 10.4 Å². The lowest BCUT2D eigenvalue weighted by Crippen LogP contribution is -2.00. The largest absolute Gasteiger partial charge is 0.618 e. The topological polar surface area (TPSA) is 63.9 Å². The molecule has 0 rings (SSSR count). The van der Waals surface area contributed by atoms with Gasteiger partial charge in [0.2, 0.25) is 0 Å². The highest BCUT2D eigenvalue weighted by Crippen LogP contribution is 2.07. The molecular formula is C3H5NO2S. The minimum absolute atomic E-state index is 0.368. The molecule has 0 radical (unpaired) electrons. The van der Waals surface area contributed by atoms with E-state index >= 15 is 0 Å². The van der Waals surface area contributed by atoms with Crippen molar-refractivity contribution in [3.8, 4) is 0 Å². The van der Waals surface area contributed by atoms with Crippen molar-refractivity contribution < 1.29 is 8.76 Å². The van der Waals surface area contributed by atoms with Crippen molar-refractivity contribution >= 4 is 10.4 Å². The molecule has 0 aliphatic carbocycles. The monoisotopic (exact) mass is 119 g/mol. The van der Waals surface area contributed by atoms with E-state index in [0.717, 1.165) is 0 Å². The van der Waals surface area contributed by atoms with Gasteiger partial charge in [-0.15, -0.1) is 4.21 Å². The van der Waals surface area contributed by atoms with Gasteiger partial charge in [-0.1, -0.05) is 0 Å². The Morgan fingerprint density at radius 3 is 2.14 bits per heavy atom. The Kier molecular flexibility index (Phi) is 1.58. The third kappa shape index (κ3) is 2.38. The minimum Gasteiger partial charge on any atom is -0.618 e. The molecule has 1 N–H and O–H groups in total. The van der Waals surface area contributed by atoms with E-state index in [2.05, 4.69) is 13.5 Å². The third-order valence-corrected chi connectivity index (χ3v) is 1.14. The van der Waals surface area contributed by atoms with E-state index in [-0.39, 0.29) is 4.91 Å². The number of rotatable bonds is 1. The molecule has 0 saturated heterocycles. The van der Waals surface area contributed by atoms with Crippen LogP contribution in [0.25, 0.3) is 5.14 Å². The molecule has 0 saturated carbocycles. The third-order valence-electron chi connectivity index (χ3n) is 0.380. The second-order valence-electron chi connectivity index (χ2n) is 1.04. The molecule has 3 nitrogen and oxygen atoms in total. The van der Waals surface area contributed by atoms with Crippen LogP contribution >= 0.6 is 0 Å². The molecule has 7 heavy (non-hydrogen) atoms. The molecule has 1 atom stereocenters. The lowest BCUT2D eigenvalue weighted by Gasteiger charge is -2.09. The van der Waals surface area contributed by atoms with Crippen LogP contribution in [-0.2, 0) is 14.6 Å². The molecule has 0 fully saturated rings. The van der Waals surface area contributed by atoms with Crippen LogP contribution in [-0.4, -0.2) is 4.55 Å². The zero-order chi connectivity index (χ0) is 6.08. The maximum Gasteiger partial charge on any atom is 0.281 e. The van der Waals surface area contributed by atoms with Gasteiger partial charge in [0.25, 0.3) is 4.91 Å². The molecule has 0 aromatic carbocycles. The van der Waals surface area contributed by atoms with Crippen LogP contribution < -0.4 is 0 Å². The van der Waals surface area contributed by atoms with E-state index in [4.69, 9.17) is 5.14 Å². The molecule has 0 aliphatic rings. The lowest BCUT2D eigenvalue weighted by atomic mass is 10.8. The van der Waals surface area contributed by atoms with E-state index in [1.165, 1.54) is 0 Å². The molecule has 0 bridgehead atoms. The quantitative estimate of drug-likeness (QED) is 0.380. The summed E-state index contributed by atoms with van der Waals surface area (Å²) >= 11 is 0. The van der Waals surface area contributed by atoms with Gasteiger partial charge in [-0.3, -0.25) is 0 Å². The SMILES string of the molecule is C=C([CH2+])[S+]([NH-])(=O)[O-]. The molecular weight excluding hydrogens is 114 g/mol. The fraction of sp³-hybridized carbons (Fsp3) is 0. The molecule has 0 aliphatic heterocycles. The van der Waals surface area contributed by atoms with Crippen molar-refractivity contribution in [2.45, 2.75) is 0 Å². The summed E-state index contributed by atoms with van der Waals surface area (Å²) in [5.74, 6) is 0. The highest BCUT2D eigenvalue weighted by atomic mass is 32.3. The van der Waals surface area contributed by atoms with Gasteiger partial charge in [0, 0.05) is 10.4 Å². The van der Waals surface area contributed by atoms with E-state index in [9.17, 15) is 8.76 Å². The highest BCUT2D eigenvalue weighted by molar-refractivity contribution is 8.02. The maximum atomic E-state index is 9.84. The van der Waals surface area contributed by atoms with Gasteiger partial charge in [0.05, 0.1) is 13.5 Å². The summed E-state index contributed by atoms with van der Waals surface area (Å²) in [7, 11) is -3.80. The first-order chi connectivity index (χ1) is 2.94. The second-order valence-corrected chi connectivity index (χ2v) is 2.63. The number of hydrogen-bond donors (Lipinski definition) is 0. The van der Waals surface area contributed by atoms with E-state index in [0.29, 0.717) is 0 Å². The Bertz CT molecular complexity index is 125. The number of nitrogens with one attached hydrogen (secondary N) is 1. The van der Waals surface area contributed by atoms with Gasteiger partial charge >= 0.3 is 0 Å². The number of allylic oxidation sites excluding steroid dienone is 1. The summed E-state index contributed by atoms with van der Waals surface area (Å²) in [5.41, 5.74) is 0. The lowest BCUT2D eigenvalue weighted by molar-refractivity contribution is 0.495. The van der Waals surface area contributed by atoms with Crippen LogP contribution in [0.5, 0.6) is 0 Å². The van der Waals surface area contributed by atoms with E-state index in [1.54, 1.807) is 0 Å². The summed E-state index contributed by atoms with van der Waals surface area (Å²) in [6, 6.07) is 0. The molecule has 40 valence electrons. The zero-order valence-electron chi connectivity index (χ0n) is 3.64. The van der Waals surface area contributed by atoms with Crippen molar-refractivity contribution in [3.05, 3.63) is 23.5 Å². The summed E-state index contributed by atoms with van der Waals surface area (Å²) < 4.78 is 19.7. The minimum atomic E-state index is -3.80. The Balaban J connectivity index is 4.09. The first-order valence-corrected chi connectivity index (χ1v) is 2.93. The van der Waals surface area contributed by atoms with Crippen molar-refractivity contribution in [1.29, 1.82) is 0 Å². The van der Waals surface area contributed by atoms with Gasteiger partial charge in [-0.05, 0) is 0 Å². The molecule has 0 aromatic heterocycles. The molecule has 0 spiro atoms. The fourth-order valence-corrected chi connectivity index (χ4v) is 0. The molecule has 0 aromatic rings. The van der Waals surface area contributed by atoms with Crippen LogP contribution in [0.3, 0.4) is 0 Å². The normalized spacial score (nSPS) is 18.0. The fourth-order valence-electron chi connectivity index (χ4n) is 0. The van der Waals surface area contributed by atoms with Crippen molar-refractivity contribution in [1.82, 2.24) is 0 Å². The summed E-state index contributed by atoms with van der Waals surface area (Å²) in [6.07, 6.45) is 0. The summed E-state index contributed by atoms with van der Waals surface area (Å²) in [5, 5.41) is 6.20. The standard InChI is InChI=1S/C3H5NO2S/c1-3(2)7(4,5)6/h1-2H2,(H-2,4,5,6). The maximum absolute atomic E-state index is 9.84. The van der Waals surface area contributed by atoms with Crippen molar-refractivity contribution in [2.24, 2.45) is 0 Å². The second kappa shape index (κ2) is 1.65. The molecule has 0 heterocycles. The predicted molar refractivity (Wildman–Crippen MR) is 27.6 cm³/mol. The zero-order valence-corrected chi connectivity index (χ0v) is 4.46. The van der Waals surface area contributed by atoms with Crippen molar-refractivity contribution in [3.63, 3.8) is 0 Å². The van der Waals surface area contributed by atoms with Crippen LogP contribution in [0, 0.1) is 6.92 Å². The van der Waals surface area contributed by atoms with Gasteiger partial charge < -0.3 is 9.69 Å². The van der Waals surface area contributed by atoms with Gasteiger partial charge in [-0.25, -0.2) is 0 Å². The van der Waals surface area contributed by atoms with Gasteiger partial charge in [0.15, 0.2) is 0 Å². The van der Waals surface area contributed by atoms with Crippen LogP contribution in [0.4, 0.5) is 0 Å².